The number of carbonyl (C=O) groups is 1. The lowest BCUT2D eigenvalue weighted by molar-refractivity contribution is 0.102. The smallest absolute Gasteiger partial charge is 0.255 e. The number of hydrogen-bond donors (Lipinski definition) is 1. The van der Waals surface area contributed by atoms with Gasteiger partial charge in [0.25, 0.3) is 5.91 Å². The normalized spacial score (nSPS) is 10.6. The average molecular weight is 341 g/mol. The van der Waals surface area contributed by atoms with Crippen LogP contribution in [0.4, 0.5) is 5.69 Å². The highest BCUT2D eigenvalue weighted by Crippen LogP contribution is 2.23. The summed E-state index contributed by atoms with van der Waals surface area (Å²) in [6.07, 6.45) is 3.51. The van der Waals surface area contributed by atoms with E-state index in [0.29, 0.717) is 5.56 Å². The summed E-state index contributed by atoms with van der Waals surface area (Å²) in [4.78, 5) is 16.5. The van der Waals surface area contributed by atoms with Gasteiger partial charge in [-0.05, 0) is 42.8 Å². The topological polar surface area (TPSA) is 42.0 Å². The van der Waals surface area contributed by atoms with Crippen LogP contribution in [0.15, 0.2) is 59.3 Å². The van der Waals surface area contributed by atoms with Crippen molar-refractivity contribution in [3.05, 3.63) is 70.5 Å². The molecule has 0 bridgehead atoms. The minimum Gasteiger partial charge on any atom is -0.321 e. The zero-order valence-corrected chi connectivity index (χ0v) is 13.0. The van der Waals surface area contributed by atoms with Crippen LogP contribution in [0, 0.1) is 6.92 Å². The van der Waals surface area contributed by atoms with Crippen LogP contribution in [0.2, 0.25) is 0 Å². The molecule has 2 aromatic carbocycles. The number of anilines is 1. The molecule has 104 valence electrons. The molecule has 1 N–H and O–H groups in total. The molecule has 1 aromatic heterocycles. The third-order valence-electron chi connectivity index (χ3n) is 3.23. The van der Waals surface area contributed by atoms with Crippen LogP contribution < -0.4 is 5.32 Å². The molecule has 21 heavy (non-hydrogen) atoms. The first-order valence-electron chi connectivity index (χ1n) is 6.55. The molecule has 0 atom stereocenters. The van der Waals surface area contributed by atoms with E-state index in [4.69, 9.17) is 0 Å². The molecule has 1 heterocycles. The van der Waals surface area contributed by atoms with Gasteiger partial charge < -0.3 is 5.32 Å². The van der Waals surface area contributed by atoms with Crippen molar-refractivity contribution in [3.63, 3.8) is 0 Å². The standard InChI is InChI=1S/C17H13BrN2O/c1-11-7-13(9-14(18)8-11)17(21)20-16-4-2-3-12-10-19-6-5-15(12)16/h2-10H,1H3,(H,20,21). The minimum atomic E-state index is -0.122. The van der Waals surface area contributed by atoms with Gasteiger partial charge in [0.2, 0.25) is 0 Å². The molecule has 1 amide bonds. The van der Waals surface area contributed by atoms with Crippen molar-refractivity contribution in [3.8, 4) is 0 Å². The first kappa shape index (κ1) is 13.8. The van der Waals surface area contributed by atoms with Gasteiger partial charge in [0.05, 0.1) is 0 Å². The Morgan fingerprint density at radius 1 is 1.19 bits per heavy atom. The van der Waals surface area contributed by atoms with Crippen molar-refractivity contribution in [1.29, 1.82) is 0 Å². The van der Waals surface area contributed by atoms with Gasteiger partial charge in [-0.15, -0.1) is 0 Å². The Labute approximate surface area is 131 Å². The number of pyridine rings is 1. The Kier molecular flexibility index (Phi) is 3.71. The van der Waals surface area contributed by atoms with E-state index in [-0.39, 0.29) is 5.91 Å². The summed E-state index contributed by atoms with van der Waals surface area (Å²) in [5.74, 6) is -0.122. The van der Waals surface area contributed by atoms with E-state index in [1.54, 1.807) is 12.4 Å². The minimum absolute atomic E-state index is 0.122. The second kappa shape index (κ2) is 5.66. The van der Waals surface area contributed by atoms with Crippen LogP contribution in [0.25, 0.3) is 10.8 Å². The van der Waals surface area contributed by atoms with Crippen molar-refractivity contribution in [2.45, 2.75) is 6.92 Å². The number of nitrogens with one attached hydrogen (secondary N) is 1. The summed E-state index contributed by atoms with van der Waals surface area (Å²) in [5, 5.41) is 4.95. The third-order valence-corrected chi connectivity index (χ3v) is 3.69. The zero-order chi connectivity index (χ0) is 14.8. The molecule has 0 saturated heterocycles. The fourth-order valence-electron chi connectivity index (χ4n) is 2.29. The fourth-order valence-corrected chi connectivity index (χ4v) is 2.90. The highest BCUT2D eigenvalue weighted by Gasteiger charge is 2.09. The quantitative estimate of drug-likeness (QED) is 0.743. The Morgan fingerprint density at radius 2 is 2.05 bits per heavy atom. The number of nitrogens with zero attached hydrogens (tertiary/aromatic N) is 1. The number of rotatable bonds is 2. The number of carbonyl (C=O) groups excluding carboxylic acids is 1. The molecule has 0 radical (unpaired) electrons. The van der Waals surface area contributed by atoms with E-state index in [1.165, 1.54) is 0 Å². The molecule has 3 rings (SSSR count). The Hall–Kier alpha value is -2.20. The van der Waals surface area contributed by atoms with Gasteiger partial charge in [-0.25, -0.2) is 0 Å². The maximum atomic E-state index is 12.4. The lowest BCUT2D eigenvalue weighted by atomic mass is 10.1. The summed E-state index contributed by atoms with van der Waals surface area (Å²) in [6, 6.07) is 13.3. The molecular weight excluding hydrogens is 328 g/mol. The second-order valence-corrected chi connectivity index (χ2v) is 5.79. The van der Waals surface area contributed by atoms with Crippen molar-refractivity contribution in [1.82, 2.24) is 4.98 Å². The number of amides is 1. The van der Waals surface area contributed by atoms with E-state index >= 15 is 0 Å². The average Bonchev–Trinajstić information content (AvgIpc) is 2.46. The van der Waals surface area contributed by atoms with Gasteiger partial charge in [-0.2, -0.15) is 0 Å². The van der Waals surface area contributed by atoms with Crippen molar-refractivity contribution in [2.24, 2.45) is 0 Å². The van der Waals surface area contributed by atoms with Crippen molar-refractivity contribution < 1.29 is 4.79 Å². The molecule has 0 aliphatic carbocycles. The Balaban J connectivity index is 1.96. The molecule has 3 aromatic rings. The molecule has 0 spiro atoms. The molecular formula is C17H13BrN2O. The predicted octanol–water partition coefficient (Wildman–Crippen LogP) is 4.56. The summed E-state index contributed by atoms with van der Waals surface area (Å²) in [6.45, 7) is 1.96. The van der Waals surface area contributed by atoms with Crippen molar-refractivity contribution in [2.75, 3.05) is 5.32 Å². The number of halogens is 1. The molecule has 3 nitrogen and oxygen atoms in total. The van der Waals surface area contributed by atoms with Crippen LogP contribution in [-0.2, 0) is 0 Å². The van der Waals surface area contributed by atoms with E-state index in [0.717, 1.165) is 26.5 Å². The van der Waals surface area contributed by atoms with Gasteiger partial charge in [-0.1, -0.05) is 28.1 Å². The largest absolute Gasteiger partial charge is 0.321 e. The highest BCUT2D eigenvalue weighted by molar-refractivity contribution is 9.10. The van der Waals surface area contributed by atoms with E-state index < -0.39 is 0 Å². The number of benzene rings is 2. The fraction of sp³-hybridized carbons (Fsp3) is 0.0588. The number of aromatic nitrogens is 1. The summed E-state index contributed by atoms with van der Waals surface area (Å²) >= 11 is 3.42. The maximum absolute atomic E-state index is 12.4. The van der Waals surface area contributed by atoms with Crippen molar-refractivity contribution >= 4 is 38.3 Å². The zero-order valence-electron chi connectivity index (χ0n) is 11.4. The van der Waals surface area contributed by atoms with Gasteiger partial charge in [0.1, 0.15) is 0 Å². The summed E-state index contributed by atoms with van der Waals surface area (Å²) < 4.78 is 0.898. The van der Waals surface area contributed by atoms with Gasteiger partial charge in [0.15, 0.2) is 0 Å². The second-order valence-electron chi connectivity index (χ2n) is 4.87. The van der Waals surface area contributed by atoms with Crippen LogP contribution in [-0.4, -0.2) is 10.9 Å². The summed E-state index contributed by atoms with van der Waals surface area (Å²) in [5.41, 5.74) is 2.46. The number of fused-ring (bicyclic) bond motifs is 1. The first-order valence-corrected chi connectivity index (χ1v) is 7.34. The monoisotopic (exact) mass is 340 g/mol. The van der Waals surface area contributed by atoms with Gasteiger partial charge in [-0.3, -0.25) is 9.78 Å². The lowest BCUT2D eigenvalue weighted by Crippen LogP contribution is -2.12. The SMILES string of the molecule is Cc1cc(Br)cc(C(=O)Nc2cccc3cnccc23)c1. The maximum Gasteiger partial charge on any atom is 0.255 e. The molecule has 0 saturated carbocycles. The van der Waals surface area contributed by atoms with Gasteiger partial charge in [0, 0.05) is 38.9 Å². The lowest BCUT2D eigenvalue weighted by Gasteiger charge is -2.09. The number of hydrogen-bond acceptors (Lipinski definition) is 2. The van der Waals surface area contributed by atoms with Crippen LogP contribution in [0.3, 0.4) is 0 Å². The first-order chi connectivity index (χ1) is 10.1. The predicted molar refractivity (Wildman–Crippen MR) is 88.6 cm³/mol. The molecule has 0 fully saturated rings. The molecule has 4 heteroatoms. The van der Waals surface area contributed by atoms with E-state index in [2.05, 4.69) is 26.2 Å². The van der Waals surface area contributed by atoms with Crippen LogP contribution in [0.1, 0.15) is 15.9 Å². The van der Waals surface area contributed by atoms with E-state index in [1.807, 2.05) is 49.4 Å². The highest BCUT2D eigenvalue weighted by atomic mass is 79.9. The molecule has 0 aliphatic rings. The van der Waals surface area contributed by atoms with Crippen LogP contribution >= 0.6 is 15.9 Å². The Morgan fingerprint density at radius 3 is 2.86 bits per heavy atom. The van der Waals surface area contributed by atoms with Crippen LogP contribution in [0.5, 0.6) is 0 Å². The Bertz CT molecular complexity index is 804. The van der Waals surface area contributed by atoms with Gasteiger partial charge >= 0.3 is 0 Å². The number of aryl methyl sites for hydroxylation is 1. The summed E-state index contributed by atoms with van der Waals surface area (Å²) in [7, 11) is 0. The third kappa shape index (κ3) is 2.95. The molecule has 0 unspecified atom stereocenters. The van der Waals surface area contributed by atoms with E-state index in [9.17, 15) is 4.79 Å². The molecule has 0 aliphatic heterocycles.